The summed E-state index contributed by atoms with van der Waals surface area (Å²) in [6.07, 6.45) is 2.38. The molecule has 2 unspecified atom stereocenters. The standard InChI is InChI=1S/C21H28N6O2/c1-12-10-27(11-13(2)29-12)21-17(28-3)20(25-19(26-21)14-8-9-14)24-18(23)15-6-4-5-7-16(15)22/h4-7,12-14H,8-11,22H2,1-3H3,(H2,23,24,25,26). The van der Waals surface area contributed by atoms with Crippen LogP contribution in [-0.4, -0.2) is 48.2 Å². The number of aromatic nitrogens is 2. The molecule has 1 aliphatic carbocycles. The smallest absolute Gasteiger partial charge is 0.206 e. The van der Waals surface area contributed by atoms with Gasteiger partial charge in [0.1, 0.15) is 11.7 Å². The molecule has 154 valence electrons. The van der Waals surface area contributed by atoms with Crippen LogP contribution in [0.25, 0.3) is 0 Å². The van der Waals surface area contributed by atoms with Gasteiger partial charge in [-0.2, -0.15) is 0 Å². The molecule has 0 spiro atoms. The lowest BCUT2D eigenvalue weighted by Gasteiger charge is -2.36. The Balaban J connectivity index is 1.80. The van der Waals surface area contributed by atoms with Gasteiger partial charge in [0.2, 0.25) is 11.6 Å². The molecule has 0 amide bonds. The molecule has 1 aromatic carbocycles. The second-order valence-corrected chi connectivity index (χ2v) is 7.78. The molecule has 1 aliphatic heterocycles. The van der Waals surface area contributed by atoms with Crippen LogP contribution in [0.3, 0.4) is 0 Å². The van der Waals surface area contributed by atoms with Crippen molar-refractivity contribution in [1.29, 1.82) is 0 Å². The highest BCUT2D eigenvalue weighted by Crippen LogP contribution is 2.43. The van der Waals surface area contributed by atoms with E-state index >= 15 is 0 Å². The second kappa shape index (κ2) is 7.87. The third kappa shape index (κ3) is 4.12. The number of hydrogen-bond acceptors (Lipinski definition) is 7. The molecule has 2 aliphatic rings. The summed E-state index contributed by atoms with van der Waals surface area (Å²) in [6.45, 7) is 5.58. The van der Waals surface area contributed by atoms with Gasteiger partial charge in [0.15, 0.2) is 5.82 Å². The molecule has 2 heterocycles. The van der Waals surface area contributed by atoms with E-state index in [1.165, 1.54) is 0 Å². The Morgan fingerprint density at radius 2 is 1.86 bits per heavy atom. The number of benzene rings is 1. The number of ether oxygens (including phenoxy) is 2. The third-order valence-electron chi connectivity index (χ3n) is 5.18. The van der Waals surface area contributed by atoms with E-state index in [1.807, 2.05) is 18.2 Å². The number of nitrogens with zero attached hydrogens (tertiary/aromatic N) is 4. The minimum atomic E-state index is 0.101. The summed E-state index contributed by atoms with van der Waals surface area (Å²) in [5.74, 6) is 3.17. The van der Waals surface area contributed by atoms with Gasteiger partial charge in [-0.1, -0.05) is 12.1 Å². The zero-order valence-corrected chi connectivity index (χ0v) is 17.1. The summed E-state index contributed by atoms with van der Waals surface area (Å²) in [5, 5.41) is 0. The maximum absolute atomic E-state index is 6.29. The average molecular weight is 396 g/mol. The van der Waals surface area contributed by atoms with Crippen LogP contribution in [0.4, 0.5) is 17.3 Å². The number of hydrogen-bond donors (Lipinski definition) is 2. The van der Waals surface area contributed by atoms with Crippen molar-refractivity contribution >= 4 is 23.2 Å². The fraction of sp³-hybridized carbons (Fsp3) is 0.476. The van der Waals surface area contributed by atoms with Gasteiger partial charge in [0.25, 0.3) is 0 Å². The van der Waals surface area contributed by atoms with Crippen molar-refractivity contribution in [2.75, 3.05) is 30.8 Å². The fourth-order valence-corrected chi connectivity index (χ4v) is 3.70. The Kier molecular flexibility index (Phi) is 5.27. The molecular formula is C21H28N6O2. The van der Waals surface area contributed by atoms with Gasteiger partial charge in [0, 0.05) is 30.3 Å². The Hall–Kier alpha value is -2.87. The normalized spacial score (nSPS) is 22.6. The van der Waals surface area contributed by atoms with Gasteiger partial charge in [0.05, 0.1) is 19.3 Å². The molecule has 29 heavy (non-hydrogen) atoms. The van der Waals surface area contributed by atoms with Gasteiger partial charge in [-0.3, -0.25) is 0 Å². The summed E-state index contributed by atoms with van der Waals surface area (Å²) in [6, 6.07) is 7.38. The highest BCUT2D eigenvalue weighted by Gasteiger charge is 2.32. The summed E-state index contributed by atoms with van der Waals surface area (Å²) >= 11 is 0. The van der Waals surface area contributed by atoms with Gasteiger partial charge >= 0.3 is 0 Å². The summed E-state index contributed by atoms with van der Waals surface area (Å²) in [7, 11) is 1.61. The van der Waals surface area contributed by atoms with Crippen LogP contribution in [-0.2, 0) is 4.74 Å². The van der Waals surface area contributed by atoms with E-state index < -0.39 is 0 Å². The number of nitrogen functional groups attached to an aromatic ring is 1. The lowest BCUT2D eigenvalue weighted by atomic mass is 10.1. The minimum Gasteiger partial charge on any atom is -0.490 e. The molecule has 2 aromatic rings. The molecule has 0 bridgehead atoms. The van der Waals surface area contributed by atoms with Crippen molar-refractivity contribution in [2.45, 2.75) is 44.8 Å². The Bertz CT molecular complexity index is 917. The first-order valence-corrected chi connectivity index (χ1v) is 10.0. The quantitative estimate of drug-likeness (QED) is 0.454. The van der Waals surface area contributed by atoms with Gasteiger partial charge in [-0.15, -0.1) is 0 Å². The molecule has 8 heteroatoms. The predicted octanol–water partition coefficient (Wildman–Crippen LogP) is 2.60. The maximum atomic E-state index is 6.29. The van der Waals surface area contributed by atoms with Crippen molar-refractivity contribution in [1.82, 2.24) is 9.97 Å². The molecule has 4 N–H and O–H groups in total. The Morgan fingerprint density at radius 1 is 1.17 bits per heavy atom. The lowest BCUT2D eigenvalue weighted by Crippen LogP contribution is -2.46. The van der Waals surface area contributed by atoms with E-state index in [2.05, 4.69) is 23.7 Å². The van der Waals surface area contributed by atoms with E-state index in [0.717, 1.165) is 37.6 Å². The van der Waals surface area contributed by atoms with Crippen LogP contribution in [0, 0.1) is 0 Å². The van der Waals surface area contributed by atoms with Gasteiger partial charge < -0.3 is 25.8 Å². The average Bonchev–Trinajstić information content (AvgIpc) is 3.52. The third-order valence-corrected chi connectivity index (χ3v) is 5.18. The number of nitrogens with two attached hydrogens (primary N) is 2. The first-order chi connectivity index (χ1) is 14.0. The Morgan fingerprint density at radius 3 is 2.48 bits per heavy atom. The molecule has 2 atom stereocenters. The fourth-order valence-electron chi connectivity index (χ4n) is 3.70. The zero-order chi connectivity index (χ0) is 20.5. The minimum absolute atomic E-state index is 0.101. The van der Waals surface area contributed by atoms with E-state index in [9.17, 15) is 0 Å². The van der Waals surface area contributed by atoms with E-state index in [1.54, 1.807) is 13.2 Å². The highest BCUT2D eigenvalue weighted by molar-refractivity contribution is 6.03. The molecule has 1 aromatic heterocycles. The van der Waals surface area contributed by atoms with E-state index in [0.29, 0.717) is 34.6 Å². The van der Waals surface area contributed by atoms with E-state index in [4.69, 9.17) is 30.9 Å². The number of para-hydroxylation sites is 1. The van der Waals surface area contributed by atoms with Gasteiger partial charge in [-0.25, -0.2) is 15.0 Å². The molecule has 4 rings (SSSR count). The van der Waals surface area contributed by atoms with Gasteiger partial charge in [-0.05, 0) is 38.8 Å². The molecule has 2 fully saturated rings. The van der Waals surface area contributed by atoms with Crippen LogP contribution in [0.1, 0.15) is 44.0 Å². The summed E-state index contributed by atoms with van der Waals surface area (Å²) in [5.41, 5.74) is 13.6. The van der Waals surface area contributed by atoms with Crippen molar-refractivity contribution in [3.63, 3.8) is 0 Å². The predicted molar refractivity (Wildman–Crippen MR) is 114 cm³/mol. The SMILES string of the molecule is COc1c(/N=C(\N)c2ccccc2N)nc(C2CC2)nc1N1CC(C)OC(C)C1. The Labute approximate surface area is 170 Å². The first-order valence-electron chi connectivity index (χ1n) is 10.0. The molecule has 8 nitrogen and oxygen atoms in total. The number of amidine groups is 1. The number of aliphatic imine (C=N–C) groups is 1. The number of methoxy groups -OCH3 is 1. The number of rotatable bonds is 5. The largest absolute Gasteiger partial charge is 0.490 e. The van der Waals surface area contributed by atoms with Crippen LogP contribution in [0.5, 0.6) is 5.75 Å². The molecular weight excluding hydrogens is 368 g/mol. The van der Waals surface area contributed by atoms with Crippen LogP contribution in [0.2, 0.25) is 0 Å². The maximum Gasteiger partial charge on any atom is 0.206 e. The summed E-state index contributed by atoms with van der Waals surface area (Å²) < 4.78 is 11.6. The lowest BCUT2D eigenvalue weighted by molar-refractivity contribution is -0.00559. The van der Waals surface area contributed by atoms with Crippen LogP contribution < -0.4 is 21.1 Å². The van der Waals surface area contributed by atoms with Crippen molar-refractivity contribution < 1.29 is 9.47 Å². The van der Waals surface area contributed by atoms with Crippen molar-refractivity contribution in [2.24, 2.45) is 10.7 Å². The second-order valence-electron chi connectivity index (χ2n) is 7.78. The van der Waals surface area contributed by atoms with Crippen molar-refractivity contribution in [3.8, 4) is 5.75 Å². The molecule has 0 radical (unpaired) electrons. The zero-order valence-electron chi connectivity index (χ0n) is 17.1. The van der Waals surface area contributed by atoms with Crippen LogP contribution >= 0.6 is 0 Å². The molecule has 1 saturated heterocycles. The first kappa shape index (κ1) is 19.4. The topological polar surface area (TPSA) is 112 Å². The highest BCUT2D eigenvalue weighted by atomic mass is 16.5. The van der Waals surface area contributed by atoms with Crippen molar-refractivity contribution in [3.05, 3.63) is 35.7 Å². The molecule has 1 saturated carbocycles. The number of morpholine rings is 1. The van der Waals surface area contributed by atoms with E-state index in [-0.39, 0.29) is 12.2 Å². The monoisotopic (exact) mass is 396 g/mol. The number of anilines is 2. The summed E-state index contributed by atoms with van der Waals surface area (Å²) in [4.78, 5) is 16.3. The van der Waals surface area contributed by atoms with Crippen LogP contribution in [0.15, 0.2) is 29.3 Å².